The van der Waals surface area contributed by atoms with E-state index >= 15 is 0 Å². The van der Waals surface area contributed by atoms with E-state index < -0.39 is 0 Å². The zero-order valence-corrected chi connectivity index (χ0v) is 28.2. The number of benzene rings is 8. The van der Waals surface area contributed by atoms with Gasteiger partial charge in [-0.1, -0.05) is 115 Å². The van der Waals surface area contributed by atoms with Gasteiger partial charge in [0.1, 0.15) is 22.3 Å². The molecule has 12 rings (SSSR count). The highest BCUT2D eigenvalue weighted by molar-refractivity contribution is 6.27. The minimum Gasteiger partial charge on any atom is -0.456 e. The van der Waals surface area contributed by atoms with Crippen LogP contribution in [-0.4, -0.2) is 14.5 Å². The summed E-state index contributed by atoms with van der Waals surface area (Å²) in [4.78, 5) is 10.4. The van der Waals surface area contributed by atoms with E-state index in [1.807, 2.05) is 30.3 Å². The molecule has 0 radical (unpaired) electrons. The lowest BCUT2D eigenvalue weighted by Gasteiger charge is -2.11. The van der Waals surface area contributed by atoms with Crippen LogP contribution in [-0.2, 0) is 0 Å². The monoisotopic (exact) mass is 677 g/mol. The van der Waals surface area contributed by atoms with Crippen LogP contribution in [0.25, 0.3) is 116 Å². The summed E-state index contributed by atoms with van der Waals surface area (Å²) in [5, 5.41) is 9.74. The lowest BCUT2D eigenvalue weighted by Crippen LogP contribution is -2.03. The molecule has 0 aliphatic carbocycles. The van der Waals surface area contributed by atoms with Gasteiger partial charge < -0.3 is 8.83 Å². The van der Waals surface area contributed by atoms with Crippen LogP contribution < -0.4 is 0 Å². The minimum atomic E-state index is 0.623. The maximum Gasteiger partial charge on any atom is 0.235 e. The van der Waals surface area contributed by atoms with Crippen LogP contribution >= 0.6 is 0 Å². The molecule has 0 fully saturated rings. The highest BCUT2D eigenvalue weighted by Crippen LogP contribution is 2.45. The molecule has 0 amide bonds. The van der Waals surface area contributed by atoms with Gasteiger partial charge in [-0.15, -0.1) is 0 Å². The second-order valence-electron chi connectivity index (χ2n) is 13.7. The summed E-state index contributed by atoms with van der Waals surface area (Å²) in [6.45, 7) is 0. The Kier molecular flexibility index (Phi) is 5.71. The topological polar surface area (TPSA) is 57.0 Å². The van der Waals surface area contributed by atoms with Gasteiger partial charge in [-0.25, -0.2) is 9.97 Å². The molecule has 0 saturated heterocycles. The molecule has 8 aromatic carbocycles. The molecule has 0 bridgehead atoms. The lowest BCUT2D eigenvalue weighted by atomic mass is 9.94. The Morgan fingerprint density at radius 2 is 1.08 bits per heavy atom. The van der Waals surface area contributed by atoms with Gasteiger partial charge >= 0.3 is 0 Å². The molecule has 0 saturated carbocycles. The standard InChI is InChI=1S/C48H27N3O2/c1-2-12-28(13-3-1)45-35-17-6-9-19-39(35)49-48(50-45)51-40-20-10-7-18-36(40)44-41(51)25-24-34-38-27-37(30-14-4-5-16-33(30)46(38)53-47(34)44)29-22-23-32-31-15-8-11-21-42(31)52-43(32)26-29/h1-27H. The van der Waals surface area contributed by atoms with E-state index in [0.717, 1.165) is 110 Å². The van der Waals surface area contributed by atoms with Gasteiger partial charge in [0, 0.05) is 43.3 Å². The van der Waals surface area contributed by atoms with Crippen molar-refractivity contribution in [1.29, 1.82) is 0 Å². The molecule has 0 N–H and O–H groups in total. The van der Waals surface area contributed by atoms with Crippen molar-refractivity contribution < 1.29 is 8.83 Å². The smallest absolute Gasteiger partial charge is 0.235 e. The number of para-hydroxylation sites is 3. The van der Waals surface area contributed by atoms with Crippen LogP contribution in [0.1, 0.15) is 0 Å². The van der Waals surface area contributed by atoms with Crippen LogP contribution in [0.5, 0.6) is 0 Å². The lowest BCUT2D eigenvalue weighted by molar-refractivity contribution is 0.669. The van der Waals surface area contributed by atoms with Crippen LogP contribution in [0.2, 0.25) is 0 Å². The normalized spacial score (nSPS) is 12.2. The molecule has 0 aliphatic rings. The number of rotatable bonds is 3. The molecule has 5 heteroatoms. The van der Waals surface area contributed by atoms with Gasteiger partial charge in [-0.2, -0.15) is 0 Å². The number of nitrogens with zero attached hydrogens (tertiary/aromatic N) is 3. The van der Waals surface area contributed by atoms with Crippen molar-refractivity contribution in [2.24, 2.45) is 0 Å². The third-order valence-electron chi connectivity index (χ3n) is 10.8. The summed E-state index contributed by atoms with van der Waals surface area (Å²) in [5.74, 6) is 0.623. The predicted molar refractivity (Wildman–Crippen MR) is 217 cm³/mol. The molecule has 4 heterocycles. The average molecular weight is 678 g/mol. The van der Waals surface area contributed by atoms with Gasteiger partial charge in [0.25, 0.3) is 0 Å². The highest BCUT2D eigenvalue weighted by Gasteiger charge is 2.23. The van der Waals surface area contributed by atoms with E-state index in [1.165, 1.54) is 0 Å². The number of aromatic nitrogens is 3. The summed E-state index contributed by atoms with van der Waals surface area (Å²) in [6.07, 6.45) is 0. The Balaban J connectivity index is 1.14. The zero-order valence-electron chi connectivity index (χ0n) is 28.2. The number of hydrogen-bond acceptors (Lipinski definition) is 4. The van der Waals surface area contributed by atoms with Crippen molar-refractivity contribution in [3.8, 4) is 28.3 Å². The molecule has 0 unspecified atom stereocenters. The predicted octanol–water partition coefficient (Wildman–Crippen LogP) is 13.0. The van der Waals surface area contributed by atoms with Crippen LogP contribution in [0.15, 0.2) is 173 Å². The fourth-order valence-electron chi connectivity index (χ4n) is 8.44. The van der Waals surface area contributed by atoms with Gasteiger partial charge in [-0.05, 0) is 65.0 Å². The molecule has 12 aromatic rings. The Labute approximate surface area is 302 Å². The average Bonchev–Trinajstić information content (AvgIpc) is 3.89. The Morgan fingerprint density at radius 1 is 0.396 bits per heavy atom. The largest absolute Gasteiger partial charge is 0.456 e. The van der Waals surface area contributed by atoms with E-state index in [1.54, 1.807) is 0 Å². The third-order valence-corrected chi connectivity index (χ3v) is 10.8. The summed E-state index contributed by atoms with van der Waals surface area (Å²) >= 11 is 0. The van der Waals surface area contributed by atoms with Gasteiger partial charge in [-0.3, -0.25) is 4.57 Å². The maximum absolute atomic E-state index is 7.03. The zero-order chi connectivity index (χ0) is 34.6. The van der Waals surface area contributed by atoms with Crippen LogP contribution in [0.4, 0.5) is 0 Å². The third kappa shape index (κ3) is 4.02. The molecule has 246 valence electrons. The van der Waals surface area contributed by atoms with Crippen molar-refractivity contribution in [2.75, 3.05) is 0 Å². The Hall–Kier alpha value is -7.24. The first-order chi connectivity index (χ1) is 26.3. The molecule has 5 nitrogen and oxygen atoms in total. The van der Waals surface area contributed by atoms with Crippen molar-refractivity contribution in [1.82, 2.24) is 14.5 Å². The first-order valence-electron chi connectivity index (χ1n) is 17.8. The minimum absolute atomic E-state index is 0.623. The van der Waals surface area contributed by atoms with E-state index in [4.69, 9.17) is 18.8 Å². The number of furan rings is 2. The first-order valence-corrected chi connectivity index (χ1v) is 17.8. The Bertz CT molecular complexity index is 3460. The molecule has 0 atom stereocenters. The molecule has 0 spiro atoms. The maximum atomic E-state index is 7.03. The molecule has 0 aliphatic heterocycles. The Morgan fingerprint density at radius 3 is 1.96 bits per heavy atom. The summed E-state index contributed by atoms with van der Waals surface area (Å²) in [5.41, 5.74) is 10.6. The van der Waals surface area contributed by atoms with Crippen LogP contribution in [0, 0.1) is 0 Å². The summed E-state index contributed by atoms with van der Waals surface area (Å²) in [6, 6.07) is 57.1. The van der Waals surface area contributed by atoms with Crippen molar-refractivity contribution in [3.05, 3.63) is 164 Å². The quantitative estimate of drug-likeness (QED) is 0.187. The van der Waals surface area contributed by atoms with E-state index in [2.05, 4.69) is 138 Å². The van der Waals surface area contributed by atoms with Crippen molar-refractivity contribution in [3.63, 3.8) is 0 Å². The van der Waals surface area contributed by atoms with Crippen molar-refractivity contribution >= 4 is 87.4 Å². The molecule has 53 heavy (non-hydrogen) atoms. The highest BCUT2D eigenvalue weighted by atomic mass is 16.3. The number of hydrogen-bond donors (Lipinski definition) is 0. The molecular formula is C48H27N3O2. The first kappa shape index (κ1) is 28.5. The van der Waals surface area contributed by atoms with E-state index in [0.29, 0.717) is 5.95 Å². The SMILES string of the molecule is c1ccc(-c2nc(-n3c4ccccc4c4c5oc6c7ccccc7c(-c7ccc8c(c7)oc7ccccc78)cc6c5ccc43)nc3ccccc23)cc1. The fourth-order valence-corrected chi connectivity index (χ4v) is 8.44. The summed E-state index contributed by atoms with van der Waals surface area (Å²) in [7, 11) is 0. The fraction of sp³-hybridized carbons (Fsp3) is 0. The van der Waals surface area contributed by atoms with Gasteiger partial charge in [0.2, 0.25) is 5.95 Å². The second kappa shape index (κ2) is 10.6. The van der Waals surface area contributed by atoms with E-state index in [9.17, 15) is 0 Å². The molecule has 4 aromatic heterocycles. The molecular weight excluding hydrogens is 651 g/mol. The van der Waals surface area contributed by atoms with E-state index in [-0.39, 0.29) is 0 Å². The summed E-state index contributed by atoms with van der Waals surface area (Å²) < 4.78 is 15.5. The van der Waals surface area contributed by atoms with Gasteiger partial charge in [0.05, 0.1) is 27.6 Å². The van der Waals surface area contributed by atoms with Gasteiger partial charge in [0.15, 0.2) is 0 Å². The van der Waals surface area contributed by atoms with Crippen molar-refractivity contribution in [2.45, 2.75) is 0 Å². The number of fused-ring (bicyclic) bond motifs is 13. The van der Waals surface area contributed by atoms with Crippen LogP contribution in [0.3, 0.4) is 0 Å². The second-order valence-corrected chi connectivity index (χ2v) is 13.7.